The number of hydrogen-bond donors (Lipinski definition) is 3. The molecule has 4 rings (SSSR count). The zero-order valence-electron chi connectivity index (χ0n) is 19.6. The Morgan fingerprint density at radius 2 is 2.00 bits per heavy atom. The summed E-state index contributed by atoms with van der Waals surface area (Å²) in [5.74, 6) is -0.00397. The van der Waals surface area contributed by atoms with Crippen LogP contribution in [-0.2, 0) is 6.61 Å². The summed E-state index contributed by atoms with van der Waals surface area (Å²) in [6.45, 7) is 7.31. The zero-order valence-corrected chi connectivity index (χ0v) is 20.4. The molecule has 0 radical (unpaired) electrons. The molecule has 34 heavy (non-hydrogen) atoms. The van der Waals surface area contributed by atoms with Crippen LogP contribution in [-0.4, -0.2) is 39.4 Å². The van der Waals surface area contributed by atoms with Gasteiger partial charge in [-0.25, -0.2) is 9.38 Å². The molecule has 0 saturated heterocycles. The minimum absolute atomic E-state index is 0.0560. The highest BCUT2D eigenvalue weighted by atomic mass is 35.5. The van der Waals surface area contributed by atoms with Crippen LogP contribution in [0.3, 0.4) is 0 Å². The summed E-state index contributed by atoms with van der Waals surface area (Å²) in [5, 5.41) is 24.3. The molecular weight excluding hydrogens is 455 g/mol. The lowest BCUT2D eigenvalue weighted by Crippen LogP contribution is -2.32. The van der Waals surface area contributed by atoms with Crippen molar-refractivity contribution in [1.82, 2.24) is 4.98 Å². The molecule has 178 valence electrons. The van der Waals surface area contributed by atoms with E-state index in [-0.39, 0.29) is 18.3 Å². The molecule has 0 bridgehead atoms. The van der Waals surface area contributed by atoms with E-state index >= 15 is 0 Å². The van der Waals surface area contributed by atoms with Gasteiger partial charge in [0, 0.05) is 23.1 Å². The molecule has 6 nitrogen and oxygen atoms in total. The van der Waals surface area contributed by atoms with E-state index in [9.17, 15) is 14.6 Å². The minimum Gasteiger partial charge on any atom is -0.392 e. The quantitative estimate of drug-likeness (QED) is 0.442. The van der Waals surface area contributed by atoms with Crippen molar-refractivity contribution in [2.24, 2.45) is 9.98 Å². The molecule has 2 atom stereocenters. The lowest BCUT2D eigenvalue weighted by molar-refractivity contribution is 0.152. The number of aliphatic hydroxyl groups is 2. The smallest absolute Gasteiger partial charge is 0.154 e. The van der Waals surface area contributed by atoms with E-state index in [1.807, 2.05) is 32.0 Å². The van der Waals surface area contributed by atoms with Gasteiger partial charge in [0.1, 0.15) is 11.4 Å². The highest BCUT2D eigenvalue weighted by Crippen LogP contribution is 2.37. The van der Waals surface area contributed by atoms with Gasteiger partial charge in [0.05, 0.1) is 41.1 Å². The molecule has 0 amide bonds. The van der Waals surface area contributed by atoms with Crippen LogP contribution < -0.4 is 5.32 Å². The van der Waals surface area contributed by atoms with Crippen molar-refractivity contribution in [2.45, 2.75) is 51.9 Å². The summed E-state index contributed by atoms with van der Waals surface area (Å²) in [5.41, 5.74) is 3.07. The third-order valence-corrected chi connectivity index (χ3v) is 6.44. The second-order valence-electron chi connectivity index (χ2n) is 9.15. The van der Waals surface area contributed by atoms with Crippen LogP contribution in [0.2, 0.25) is 5.02 Å². The van der Waals surface area contributed by atoms with Crippen LogP contribution in [0.4, 0.5) is 10.1 Å². The number of amidine groups is 1. The molecule has 0 spiro atoms. The molecule has 0 saturated carbocycles. The van der Waals surface area contributed by atoms with Gasteiger partial charge in [-0.3, -0.25) is 9.98 Å². The molecule has 2 heterocycles. The Balaban J connectivity index is 1.72. The van der Waals surface area contributed by atoms with Gasteiger partial charge in [0.2, 0.25) is 0 Å². The van der Waals surface area contributed by atoms with E-state index in [1.165, 1.54) is 6.07 Å². The molecule has 0 aliphatic carbocycles. The fraction of sp³-hybridized carbons (Fsp3) is 0.346. The second-order valence-corrected chi connectivity index (χ2v) is 9.53. The summed E-state index contributed by atoms with van der Waals surface area (Å²) in [6.07, 6.45) is 1.80. The number of aryl methyl sites for hydroxylation is 1. The molecule has 0 fully saturated rings. The Kier molecular flexibility index (Phi) is 6.71. The van der Waals surface area contributed by atoms with Crippen LogP contribution in [0.5, 0.6) is 0 Å². The van der Waals surface area contributed by atoms with Crippen molar-refractivity contribution in [3.05, 3.63) is 69.6 Å². The number of benzene rings is 2. The van der Waals surface area contributed by atoms with E-state index in [2.05, 4.69) is 20.3 Å². The van der Waals surface area contributed by atoms with Crippen LogP contribution >= 0.6 is 11.6 Å². The largest absolute Gasteiger partial charge is 0.392 e. The molecule has 1 aliphatic rings. The van der Waals surface area contributed by atoms with Gasteiger partial charge in [-0.2, -0.15) is 0 Å². The van der Waals surface area contributed by atoms with Crippen LogP contribution in [0.25, 0.3) is 10.9 Å². The lowest BCUT2D eigenvalue weighted by atomic mass is 9.96. The van der Waals surface area contributed by atoms with E-state index < -0.39 is 11.6 Å². The van der Waals surface area contributed by atoms with Gasteiger partial charge in [0.15, 0.2) is 5.84 Å². The maximum atomic E-state index is 14.6. The number of aliphatic imine (C=N–C) groups is 2. The fourth-order valence-electron chi connectivity index (χ4n) is 4.05. The number of hydrogen-bond acceptors (Lipinski definition) is 6. The number of aromatic nitrogens is 1. The summed E-state index contributed by atoms with van der Waals surface area (Å²) in [7, 11) is 0. The van der Waals surface area contributed by atoms with Gasteiger partial charge < -0.3 is 15.5 Å². The third kappa shape index (κ3) is 4.82. The Morgan fingerprint density at radius 3 is 2.65 bits per heavy atom. The highest BCUT2D eigenvalue weighted by Gasteiger charge is 2.25. The molecule has 2 aromatic carbocycles. The first-order valence-corrected chi connectivity index (χ1v) is 11.5. The topological polar surface area (TPSA) is 90.1 Å². The van der Waals surface area contributed by atoms with Gasteiger partial charge in [-0.1, -0.05) is 23.7 Å². The molecule has 1 aliphatic heterocycles. The third-order valence-electron chi connectivity index (χ3n) is 5.98. The molecule has 1 aromatic heterocycles. The number of rotatable bonds is 6. The monoisotopic (exact) mass is 482 g/mol. The number of halogens is 2. The minimum atomic E-state index is -1.09. The van der Waals surface area contributed by atoms with Gasteiger partial charge >= 0.3 is 0 Å². The van der Waals surface area contributed by atoms with Crippen molar-refractivity contribution < 1.29 is 14.6 Å². The fourth-order valence-corrected chi connectivity index (χ4v) is 4.24. The lowest BCUT2D eigenvalue weighted by Gasteiger charge is -2.23. The van der Waals surface area contributed by atoms with E-state index in [1.54, 1.807) is 32.2 Å². The van der Waals surface area contributed by atoms with Crippen molar-refractivity contribution in [3.63, 3.8) is 0 Å². The van der Waals surface area contributed by atoms with E-state index in [4.69, 9.17) is 11.6 Å². The number of fused-ring (bicyclic) bond motifs is 1. The first kappa shape index (κ1) is 24.3. The zero-order chi connectivity index (χ0) is 24.6. The standard InChI is InChI=1S/C26H28ClFN4O2/c1-14(19-9-16(13-33)5-7-21(19)28)32-24-20-10-17(6-8-22(20)31-15(2)23(24)27)18-11-29-25(30-12-18)26(3,4)34/h5-11,14,18,33-34H,12-13H2,1-4H3,(H,31,32). The number of nitrogens with one attached hydrogen (secondary N) is 1. The van der Waals surface area contributed by atoms with Crippen LogP contribution in [0.1, 0.15) is 55.1 Å². The van der Waals surface area contributed by atoms with Crippen LogP contribution in [0, 0.1) is 12.7 Å². The highest BCUT2D eigenvalue weighted by molar-refractivity contribution is 6.35. The Hall–Kier alpha value is -2.87. The van der Waals surface area contributed by atoms with Gasteiger partial charge in [-0.15, -0.1) is 0 Å². The number of nitrogens with zero attached hydrogens (tertiary/aromatic N) is 3. The van der Waals surface area contributed by atoms with Crippen molar-refractivity contribution in [1.29, 1.82) is 0 Å². The Bertz CT molecular complexity index is 1300. The number of aliphatic hydroxyl groups excluding tert-OH is 1. The normalized spacial score (nSPS) is 17.1. The molecular formula is C26H28ClFN4O2. The average molecular weight is 483 g/mol. The first-order valence-electron chi connectivity index (χ1n) is 11.2. The summed E-state index contributed by atoms with van der Waals surface area (Å²) in [6, 6.07) is 10.1. The van der Waals surface area contributed by atoms with Crippen molar-refractivity contribution in [3.8, 4) is 0 Å². The summed E-state index contributed by atoms with van der Waals surface area (Å²) in [4.78, 5) is 13.4. The van der Waals surface area contributed by atoms with Gasteiger partial charge in [0.25, 0.3) is 0 Å². The first-order chi connectivity index (χ1) is 16.1. The Morgan fingerprint density at radius 1 is 1.24 bits per heavy atom. The second kappa shape index (κ2) is 9.41. The maximum Gasteiger partial charge on any atom is 0.154 e. The number of anilines is 1. The molecule has 3 aromatic rings. The number of pyridine rings is 1. The maximum absolute atomic E-state index is 14.6. The van der Waals surface area contributed by atoms with E-state index in [0.29, 0.717) is 39.9 Å². The predicted octanol–water partition coefficient (Wildman–Crippen LogP) is 5.34. The van der Waals surface area contributed by atoms with Crippen molar-refractivity contribution in [2.75, 3.05) is 11.9 Å². The van der Waals surface area contributed by atoms with Crippen LogP contribution in [0.15, 0.2) is 46.4 Å². The predicted molar refractivity (Wildman–Crippen MR) is 136 cm³/mol. The molecule has 2 unspecified atom stereocenters. The SMILES string of the molecule is Cc1nc2ccc(C3C=NC(C(C)(C)O)=NC3)cc2c(NC(C)c2cc(CO)ccc2F)c1Cl. The Labute approximate surface area is 203 Å². The van der Waals surface area contributed by atoms with Crippen molar-refractivity contribution >= 4 is 40.2 Å². The van der Waals surface area contributed by atoms with Gasteiger partial charge in [-0.05, 0) is 63.1 Å². The molecule has 8 heteroatoms. The average Bonchev–Trinajstić information content (AvgIpc) is 2.81. The van der Waals surface area contributed by atoms with E-state index in [0.717, 1.165) is 16.5 Å². The summed E-state index contributed by atoms with van der Waals surface area (Å²) < 4.78 is 14.6. The molecule has 3 N–H and O–H groups in total. The summed E-state index contributed by atoms with van der Waals surface area (Å²) >= 11 is 6.67.